The standard InChI is InChI=1S/C21H28Cl2N4O/c1-5-19-20(21(28)26-10-8-25(4)9-11-26)18(12-14(2)3)24-27(19)15-6-7-16(22)17(23)13-15/h6-7,13-14H,5,8-12H2,1-4H3. The highest BCUT2D eigenvalue weighted by atomic mass is 35.5. The van der Waals surface area contributed by atoms with Gasteiger partial charge in [-0.1, -0.05) is 44.0 Å². The van der Waals surface area contributed by atoms with E-state index in [1.54, 1.807) is 12.1 Å². The second-order valence-corrected chi connectivity index (χ2v) is 8.64. The molecule has 2 aromatic rings. The smallest absolute Gasteiger partial charge is 0.257 e. The molecule has 1 fully saturated rings. The number of nitrogens with zero attached hydrogens (tertiary/aromatic N) is 4. The van der Waals surface area contributed by atoms with Crippen molar-refractivity contribution in [3.8, 4) is 5.69 Å². The number of aromatic nitrogens is 2. The Bertz CT molecular complexity index is 854. The number of piperazine rings is 1. The van der Waals surface area contributed by atoms with Crippen LogP contribution in [0.3, 0.4) is 0 Å². The molecule has 0 atom stereocenters. The molecule has 1 aliphatic rings. The normalized spacial score (nSPS) is 15.5. The molecule has 0 N–H and O–H groups in total. The average molecular weight is 423 g/mol. The molecule has 1 aromatic heterocycles. The van der Waals surface area contributed by atoms with Crippen LogP contribution in [-0.2, 0) is 12.8 Å². The molecular weight excluding hydrogens is 395 g/mol. The van der Waals surface area contributed by atoms with Crippen LogP contribution < -0.4 is 0 Å². The number of likely N-dealkylation sites (N-methyl/N-ethyl adjacent to an activating group) is 1. The maximum Gasteiger partial charge on any atom is 0.257 e. The number of halogens is 2. The third-order valence-corrected chi connectivity index (χ3v) is 5.88. The van der Waals surface area contributed by atoms with E-state index in [-0.39, 0.29) is 5.91 Å². The van der Waals surface area contributed by atoms with Gasteiger partial charge in [-0.15, -0.1) is 0 Å². The Labute approximate surface area is 177 Å². The highest BCUT2D eigenvalue weighted by molar-refractivity contribution is 6.42. The predicted molar refractivity (Wildman–Crippen MR) is 115 cm³/mol. The zero-order valence-corrected chi connectivity index (χ0v) is 18.5. The zero-order valence-electron chi connectivity index (χ0n) is 17.0. The van der Waals surface area contributed by atoms with Gasteiger partial charge in [-0.25, -0.2) is 4.68 Å². The molecule has 152 valence electrons. The molecule has 0 radical (unpaired) electrons. The van der Waals surface area contributed by atoms with Gasteiger partial charge in [0, 0.05) is 26.2 Å². The Hall–Kier alpha value is -1.56. The fourth-order valence-electron chi connectivity index (χ4n) is 3.60. The summed E-state index contributed by atoms with van der Waals surface area (Å²) in [5, 5.41) is 5.84. The highest BCUT2D eigenvalue weighted by Gasteiger charge is 2.29. The first-order valence-electron chi connectivity index (χ1n) is 9.85. The van der Waals surface area contributed by atoms with E-state index >= 15 is 0 Å². The first-order valence-corrected chi connectivity index (χ1v) is 10.6. The largest absolute Gasteiger partial charge is 0.336 e. The number of carbonyl (C=O) groups is 1. The summed E-state index contributed by atoms with van der Waals surface area (Å²) in [5.41, 5.74) is 3.38. The third kappa shape index (κ3) is 4.37. The summed E-state index contributed by atoms with van der Waals surface area (Å²) < 4.78 is 1.86. The van der Waals surface area contributed by atoms with Crippen LogP contribution in [0.5, 0.6) is 0 Å². The van der Waals surface area contributed by atoms with Crippen molar-refractivity contribution in [2.24, 2.45) is 5.92 Å². The van der Waals surface area contributed by atoms with Gasteiger partial charge in [0.2, 0.25) is 0 Å². The van der Waals surface area contributed by atoms with Gasteiger partial charge in [0.1, 0.15) is 0 Å². The van der Waals surface area contributed by atoms with Crippen LogP contribution in [0.2, 0.25) is 10.0 Å². The molecule has 7 heteroatoms. The lowest BCUT2D eigenvalue weighted by atomic mass is 10.0. The summed E-state index contributed by atoms with van der Waals surface area (Å²) >= 11 is 12.3. The molecule has 1 amide bonds. The SMILES string of the molecule is CCc1c(C(=O)N2CCN(C)CC2)c(CC(C)C)nn1-c1ccc(Cl)c(Cl)c1. The average Bonchev–Trinajstić information content (AvgIpc) is 3.01. The predicted octanol–water partition coefficient (Wildman–Crippen LogP) is 4.33. The first kappa shape index (κ1) is 21.2. The van der Waals surface area contributed by atoms with Gasteiger partial charge in [0.25, 0.3) is 5.91 Å². The summed E-state index contributed by atoms with van der Waals surface area (Å²) in [4.78, 5) is 17.7. The number of carbonyl (C=O) groups excluding carboxylic acids is 1. The third-order valence-electron chi connectivity index (χ3n) is 5.14. The lowest BCUT2D eigenvalue weighted by Crippen LogP contribution is -2.47. The van der Waals surface area contributed by atoms with Crippen LogP contribution in [0, 0.1) is 5.92 Å². The Kier molecular flexibility index (Phi) is 6.69. The van der Waals surface area contributed by atoms with E-state index in [1.807, 2.05) is 15.6 Å². The summed E-state index contributed by atoms with van der Waals surface area (Å²) in [5.74, 6) is 0.493. The fourth-order valence-corrected chi connectivity index (χ4v) is 3.90. The van der Waals surface area contributed by atoms with Gasteiger partial charge >= 0.3 is 0 Å². The van der Waals surface area contributed by atoms with Gasteiger partial charge in [0.05, 0.1) is 32.7 Å². The highest BCUT2D eigenvalue weighted by Crippen LogP contribution is 2.28. The molecular formula is C21H28Cl2N4O. The Balaban J connectivity index is 2.07. The maximum atomic E-state index is 13.5. The molecule has 0 aliphatic carbocycles. The van der Waals surface area contributed by atoms with Crippen LogP contribution in [0.1, 0.15) is 42.5 Å². The van der Waals surface area contributed by atoms with E-state index in [1.165, 1.54) is 0 Å². The quantitative estimate of drug-likeness (QED) is 0.719. The maximum absolute atomic E-state index is 13.5. The van der Waals surface area contributed by atoms with E-state index in [0.717, 1.165) is 55.2 Å². The van der Waals surface area contributed by atoms with Crippen LogP contribution in [-0.4, -0.2) is 58.7 Å². The molecule has 3 rings (SSSR count). The molecule has 1 aliphatic heterocycles. The van der Waals surface area contributed by atoms with Gasteiger partial charge < -0.3 is 9.80 Å². The van der Waals surface area contributed by atoms with Crippen molar-refractivity contribution in [3.63, 3.8) is 0 Å². The van der Waals surface area contributed by atoms with Crippen molar-refractivity contribution < 1.29 is 4.79 Å². The number of benzene rings is 1. The number of hydrogen-bond acceptors (Lipinski definition) is 3. The lowest BCUT2D eigenvalue weighted by molar-refractivity contribution is 0.0661. The van der Waals surface area contributed by atoms with Crippen molar-refractivity contribution in [2.45, 2.75) is 33.6 Å². The monoisotopic (exact) mass is 422 g/mol. The van der Waals surface area contributed by atoms with E-state index in [0.29, 0.717) is 22.4 Å². The molecule has 2 heterocycles. The summed E-state index contributed by atoms with van der Waals surface area (Å²) in [6.07, 6.45) is 1.47. The van der Waals surface area contributed by atoms with Gasteiger partial charge in [0.15, 0.2) is 0 Å². The first-order chi connectivity index (χ1) is 13.3. The number of rotatable bonds is 5. The van der Waals surface area contributed by atoms with E-state index in [9.17, 15) is 4.79 Å². The van der Waals surface area contributed by atoms with Crippen molar-refractivity contribution in [1.29, 1.82) is 0 Å². The topological polar surface area (TPSA) is 41.4 Å². The van der Waals surface area contributed by atoms with Crippen LogP contribution in [0.15, 0.2) is 18.2 Å². The fraction of sp³-hybridized carbons (Fsp3) is 0.524. The Morgan fingerprint density at radius 1 is 1.14 bits per heavy atom. The minimum atomic E-state index is 0.0897. The number of amides is 1. The summed E-state index contributed by atoms with van der Waals surface area (Å²) in [7, 11) is 2.09. The molecule has 28 heavy (non-hydrogen) atoms. The second kappa shape index (κ2) is 8.85. The van der Waals surface area contributed by atoms with Gasteiger partial charge in [-0.05, 0) is 44.0 Å². The Morgan fingerprint density at radius 3 is 2.39 bits per heavy atom. The van der Waals surface area contributed by atoms with Crippen molar-refractivity contribution in [2.75, 3.05) is 33.2 Å². The van der Waals surface area contributed by atoms with E-state index in [2.05, 4.69) is 32.7 Å². The van der Waals surface area contributed by atoms with E-state index in [4.69, 9.17) is 28.3 Å². The van der Waals surface area contributed by atoms with Crippen LogP contribution >= 0.6 is 23.2 Å². The van der Waals surface area contributed by atoms with E-state index < -0.39 is 0 Å². The molecule has 1 aromatic carbocycles. The minimum Gasteiger partial charge on any atom is -0.336 e. The Morgan fingerprint density at radius 2 is 1.82 bits per heavy atom. The summed E-state index contributed by atoms with van der Waals surface area (Å²) in [6.45, 7) is 9.64. The molecule has 1 saturated heterocycles. The zero-order chi connectivity index (χ0) is 20.4. The van der Waals surface area contributed by atoms with Crippen LogP contribution in [0.4, 0.5) is 0 Å². The summed E-state index contributed by atoms with van der Waals surface area (Å²) in [6, 6.07) is 5.47. The van der Waals surface area contributed by atoms with Crippen LogP contribution in [0.25, 0.3) is 5.69 Å². The molecule has 0 saturated carbocycles. The van der Waals surface area contributed by atoms with Crippen molar-refractivity contribution in [3.05, 3.63) is 45.2 Å². The second-order valence-electron chi connectivity index (χ2n) is 7.83. The van der Waals surface area contributed by atoms with Crippen molar-refractivity contribution in [1.82, 2.24) is 19.6 Å². The van der Waals surface area contributed by atoms with Gasteiger partial charge in [-0.2, -0.15) is 5.10 Å². The molecule has 0 unspecified atom stereocenters. The minimum absolute atomic E-state index is 0.0897. The lowest BCUT2D eigenvalue weighted by Gasteiger charge is -2.32. The van der Waals surface area contributed by atoms with Gasteiger partial charge in [-0.3, -0.25) is 4.79 Å². The van der Waals surface area contributed by atoms with Crippen molar-refractivity contribution >= 4 is 29.1 Å². The molecule has 0 spiro atoms. The molecule has 0 bridgehead atoms. The number of hydrogen-bond donors (Lipinski definition) is 0. The molecule has 5 nitrogen and oxygen atoms in total.